The van der Waals surface area contributed by atoms with E-state index in [1.807, 2.05) is 6.20 Å². The summed E-state index contributed by atoms with van der Waals surface area (Å²) in [5, 5.41) is 8.32. The molecule has 2 aliphatic rings. The van der Waals surface area contributed by atoms with Gasteiger partial charge >= 0.3 is 0 Å². The van der Waals surface area contributed by atoms with Gasteiger partial charge < -0.3 is 10.1 Å². The molecule has 0 amide bonds. The third-order valence-electron chi connectivity index (χ3n) is 4.76. The smallest absolute Gasteiger partial charge is 0.0699 e. The minimum atomic E-state index is 0.351. The van der Waals surface area contributed by atoms with Crippen molar-refractivity contribution in [1.29, 1.82) is 0 Å². The Balaban J connectivity index is 1.86. The molecule has 21 heavy (non-hydrogen) atoms. The summed E-state index contributed by atoms with van der Waals surface area (Å²) in [5.41, 5.74) is 1.31. The van der Waals surface area contributed by atoms with Gasteiger partial charge in [0.15, 0.2) is 0 Å². The fraction of sp³-hybridized carbons (Fsp3) is 0.812. The minimum Gasteiger partial charge on any atom is -0.375 e. The van der Waals surface area contributed by atoms with Gasteiger partial charge in [-0.05, 0) is 54.6 Å². The molecule has 3 heterocycles. The highest BCUT2D eigenvalue weighted by molar-refractivity contribution is 9.10. The van der Waals surface area contributed by atoms with Gasteiger partial charge in [-0.1, -0.05) is 13.8 Å². The van der Waals surface area contributed by atoms with Gasteiger partial charge in [0.2, 0.25) is 0 Å². The Labute approximate surface area is 135 Å². The van der Waals surface area contributed by atoms with Crippen molar-refractivity contribution >= 4 is 15.9 Å². The molecule has 1 aromatic rings. The zero-order chi connectivity index (χ0) is 14.8. The van der Waals surface area contributed by atoms with Crippen LogP contribution in [0.3, 0.4) is 0 Å². The number of hydrogen-bond donors (Lipinski definition) is 1. The summed E-state index contributed by atoms with van der Waals surface area (Å²) in [6.07, 6.45) is 8.78. The first-order valence-electron chi connectivity index (χ1n) is 8.34. The van der Waals surface area contributed by atoms with E-state index in [-0.39, 0.29) is 0 Å². The first-order chi connectivity index (χ1) is 10.2. The van der Waals surface area contributed by atoms with Crippen LogP contribution in [0.5, 0.6) is 0 Å². The molecule has 1 N–H and O–H groups in total. The molecule has 4 atom stereocenters. The zero-order valence-electron chi connectivity index (χ0n) is 13.0. The quantitative estimate of drug-likeness (QED) is 0.810. The predicted octanol–water partition coefficient (Wildman–Crippen LogP) is 3.66. The van der Waals surface area contributed by atoms with Gasteiger partial charge in [0.05, 0.1) is 34.6 Å². The van der Waals surface area contributed by atoms with E-state index >= 15 is 0 Å². The standard InChI is InChI=1S/C16H26BrN3O/c1-3-7-18-15(12-9-11-5-6-14(12)21-11)16-13(17)10-19-20(16)8-4-2/h10-12,14-15,18H,3-9H2,1-2H3. The molecule has 2 bridgehead atoms. The molecule has 118 valence electrons. The molecule has 5 heteroatoms. The van der Waals surface area contributed by atoms with E-state index in [4.69, 9.17) is 4.74 Å². The molecule has 4 unspecified atom stereocenters. The number of halogens is 1. The topological polar surface area (TPSA) is 39.1 Å². The first kappa shape index (κ1) is 15.5. The highest BCUT2D eigenvalue weighted by atomic mass is 79.9. The molecular formula is C16H26BrN3O. The van der Waals surface area contributed by atoms with Crippen LogP contribution in [0.1, 0.15) is 57.7 Å². The van der Waals surface area contributed by atoms with E-state index in [9.17, 15) is 0 Å². The minimum absolute atomic E-state index is 0.351. The second-order valence-corrected chi connectivity index (χ2v) is 7.16. The molecule has 0 aromatic carbocycles. The van der Waals surface area contributed by atoms with E-state index in [1.165, 1.54) is 25.0 Å². The Hall–Kier alpha value is -0.390. The van der Waals surface area contributed by atoms with Crippen LogP contribution in [0.15, 0.2) is 10.7 Å². The lowest BCUT2D eigenvalue weighted by molar-refractivity contribution is 0.0848. The molecule has 0 radical (unpaired) electrons. The van der Waals surface area contributed by atoms with Crippen LogP contribution in [-0.4, -0.2) is 28.5 Å². The molecular weight excluding hydrogens is 330 g/mol. The molecule has 2 aliphatic heterocycles. The summed E-state index contributed by atoms with van der Waals surface area (Å²) < 4.78 is 9.40. The summed E-state index contributed by atoms with van der Waals surface area (Å²) in [6, 6.07) is 0.351. The molecule has 0 saturated carbocycles. The highest BCUT2D eigenvalue weighted by Crippen LogP contribution is 2.45. The monoisotopic (exact) mass is 355 g/mol. The number of fused-ring (bicyclic) bond motifs is 2. The van der Waals surface area contributed by atoms with Crippen LogP contribution in [0.4, 0.5) is 0 Å². The van der Waals surface area contributed by atoms with Crippen LogP contribution in [0.2, 0.25) is 0 Å². The molecule has 2 saturated heterocycles. The van der Waals surface area contributed by atoms with E-state index < -0.39 is 0 Å². The molecule has 0 aliphatic carbocycles. The molecule has 1 aromatic heterocycles. The van der Waals surface area contributed by atoms with Crippen LogP contribution >= 0.6 is 15.9 Å². The average Bonchev–Trinajstić information content (AvgIpc) is 3.18. The Bertz CT molecular complexity index is 476. The van der Waals surface area contributed by atoms with Crippen LogP contribution in [0.25, 0.3) is 0 Å². The average molecular weight is 356 g/mol. The zero-order valence-corrected chi connectivity index (χ0v) is 14.6. The van der Waals surface area contributed by atoms with Crippen LogP contribution in [0, 0.1) is 5.92 Å². The highest BCUT2D eigenvalue weighted by Gasteiger charge is 2.45. The van der Waals surface area contributed by atoms with E-state index in [2.05, 4.69) is 44.9 Å². The largest absolute Gasteiger partial charge is 0.375 e. The molecule has 2 fully saturated rings. The number of rotatable bonds is 7. The maximum Gasteiger partial charge on any atom is 0.0699 e. The SMILES string of the molecule is CCCNC(c1c(Br)cnn1CCC)C1CC2CCC1O2. The number of nitrogens with zero attached hydrogens (tertiary/aromatic N) is 2. The normalized spacial score (nSPS) is 29.2. The lowest BCUT2D eigenvalue weighted by Crippen LogP contribution is -2.36. The number of aryl methyl sites for hydroxylation is 1. The van der Waals surface area contributed by atoms with Crippen LogP contribution in [-0.2, 0) is 11.3 Å². The van der Waals surface area contributed by atoms with Gasteiger partial charge in [0, 0.05) is 12.5 Å². The molecule has 4 nitrogen and oxygen atoms in total. The molecule has 3 rings (SSSR count). The van der Waals surface area contributed by atoms with Crippen molar-refractivity contribution in [3.05, 3.63) is 16.4 Å². The van der Waals surface area contributed by atoms with E-state index in [0.717, 1.165) is 30.4 Å². The third-order valence-corrected chi connectivity index (χ3v) is 5.37. The lowest BCUT2D eigenvalue weighted by Gasteiger charge is -2.30. The Morgan fingerprint density at radius 3 is 2.90 bits per heavy atom. The summed E-state index contributed by atoms with van der Waals surface area (Å²) in [7, 11) is 0. The van der Waals surface area contributed by atoms with Gasteiger partial charge in [0.25, 0.3) is 0 Å². The Kier molecular flexibility index (Phi) is 5.02. The van der Waals surface area contributed by atoms with E-state index in [0.29, 0.717) is 24.2 Å². The number of nitrogens with one attached hydrogen (secondary N) is 1. The van der Waals surface area contributed by atoms with Crippen molar-refractivity contribution in [2.45, 2.75) is 70.7 Å². The number of ether oxygens (including phenoxy) is 1. The van der Waals surface area contributed by atoms with E-state index in [1.54, 1.807) is 0 Å². The fourth-order valence-electron chi connectivity index (χ4n) is 3.85. The fourth-order valence-corrected chi connectivity index (χ4v) is 4.39. The second kappa shape index (κ2) is 6.80. The summed E-state index contributed by atoms with van der Waals surface area (Å²) in [6.45, 7) is 6.45. The van der Waals surface area contributed by atoms with Gasteiger partial charge in [-0.15, -0.1) is 0 Å². The maximum absolute atomic E-state index is 6.10. The van der Waals surface area contributed by atoms with Gasteiger partial charge in [-0.2, -0.15) is 5.10 Å². The van der Waals surface area contributed by atoms with Crippen molar-refractivity contribution in [3.63, 3.8) is 0 Å². The predicted molar refractivity (Wildman–Crippen MR) is 87.3 cm³/mol. The molecule has 0 spiro atoms. The Morgan fingerprint density at radius 2 is 2.29 bits per heavy atom. The second-order valence-electron chi connectivity index (χ2n) is 6.31. The van der Waals surface area contributed by atoms with Crippen molar-refractivity contribution in [1.82, 2.24) is 15.1 Å². The lowest BCUT2D eigenvalue weighted by atomic mass is 9.82. The summed E-state index contributed by atoms with van der Waals surface area (Å²) in [5.74, 6) is 0.582. The van der Waals surface area contributed by atoms with Crippen molar-refractivity contribution in [2.24, 2.45) is 5.92 Å². The van der Waals surface area contributed by atoms with Gasteiger partial charge in [-0.25, -0.2) is 0 Å². The third kappa shape index (κ3) is 3.06. The summed E-state index contributed by atoms with van der Waals surface area (Å²) in [4.78, 5) is 0. The van der Waals surface area contributed by atoms with Crippen molar-refractivity contribution in [2.75, 3.05) is 6.54 Å². The van der Waals surface area contributed by atoms with Crippen LogP contribution < -0.4 is 5.32 Å². The first-order valence-corrected chi connectivity index (χ1v) is 9.13. The van der Waals surface area contributed by atoms with Crippen molar-refractivity contribution < 1.29 is 4.74 Å². The van der Waals surface area contributed by atoms with Crippen molar-refractivity contribution in [3.8, 4) is 0 Å². The maximum atomic E-state index is 6.10. The Morgan fingerprint density at radius 1 is 1.43 bits per heavy atom. The summed E-state index contributed by atoms with van der Waals surface area (Å²) >= 11 is 3.72. The van der Waals surface area contributed by atoms with Gasteiger partial charge in [0.1, 0.15) is 0 Å². The number of hydrogen-bond acceptors (Lipinski definition) is 3. The number of aromatic nitrogens is 2. The van der Waals surface area contributed by atoms with Gasteiger partial charge in [-0.3, -0.25) is 4.68 Å².